The Morgan fingerprint density at radius 3 is 2.35 bits per heavy atom. The van der Waals surface area contributed by atoms with E-state index >= 15 is 0 Å². The maximum Gasteiger partial charge on any atom is 0.219 e. The minimum atomic E-state index is 0.624. The first-order valence-corrected chi connectivity index (χ1v) is 6.11. The number of methoxy groups -OCH3 is 2. The molecule has 7 nitrogen and oxygen atoms in total. The van der Waals surface area contributed by atoms with Crippen molar-refractivity contribution in [3.63, 3.8) is 0 Å². The lowest BCUT2D eigenvalue weighted by molar-refractivity contribution is 0.110. The van der Waals surface area contributed by atoms with Gasteiger partial charge in [0.2, 0.25) is 5.13 Å². The second kappa shape index (κ2) is 8.31. The summed E-state index contributed by atoms with van der Waals surface area (Å²) in [4.78, 5) is 2.20. The standard InChI is InChI=1S/C9H19N5O2S/c1-15-5-3-14(4-6-16-2)7-8-12-13-9(11-10)17-8/h3-7,10H2,1-2H3,(H,11,13). The largest absolute Gasteiger partial charge is 0.383 e. The van der Waals surface area contributed by atoms with Crippen molar-refractivity contribution < 1.29 is 9.47 Å². The molecule has 3 N–H and O–H groups in total. The summed E-state index contributed by atoms with van der Waals surface area (Å²) in [5, 5.41) is 9.48. The van der Waals surface area contributed by atoms with Crippen LogP contribution >= 0.6 is 11.3 Å². The normalized spacial score (nSPS) is 11.1. The zero-order chi connectivity index (χ0) is 12.5. The highest BCUT2D eigenvalue weighted by Gasteiger charge is 2.09. The molecule has 1 aromatic rings. The molecule has 0 radical (unpaired) electrons. The Morgan fingerprint density at radius 1 is 1.24 bits per heavy atom. The number of nitrogens with two attached hydrogens (primary N) is 1. The fraction of sp³-hybridized carbons (Fsp3) is 0.778. The average molecular weight is 261 g/mol. The highest BCUT2D eigenvalue weighted by Crippen LogP contribution is 2.15. The summed E-state index contributed by atoms with van der Waals surface area (Å²) in [6, 6.07) is 0. The zero-order valence-corrected chi connectivity index (χ0v) is 11.0. The van der Waals surface area contributed by atoms with Crippen LogP contribution in [0.2, 0.25) is 0 Å². The molecule has 1 aromatic heterocycles. The Hall–Kier alpha value is -0.800. The quantitative estimate of drug-likeness (QED) is 0.475. The molecule has 0 amide bonds. The van der Waals surface area contributed by atoms with Gasteiger partial charge in [-0.05, 0) is 0 Å². The van der Waals surface area contributed by atoms with Crippen molar-refractivity contribution in [1.82, 2.24) is 15.1 Å². The van der Waals surface area contributed by atoms with Crippen LogP contribution in [0.5, 0.6) is 0 Å². The van der Waals surface area contributed by atoms with Gasteiger partial charge in [0.1, 0.15) is 5.01 Å². The third kappa shape index (κ3) is 5.37. The molecule has 0 bridgehead atoms. The van der Waals surface area contributed by atoms with Crippen molar-refractivity contribution in [2.45, 2.75) is 6.54 Å². The van der Waals surface area contributed by atoms with E-state index < -0.39 is 0 Å². The molecule has 0 fully saturated rings. The minimum absolute atomic E-state index is 0.624. The molecule has 0 saturated heterocycles. The molecular weight excluding hydrogens is 242 g/mol. The van der Waals surface area contributed by atoms with E-state index in [1.165, 1.54) is 11.3 Å². The molecule has 1 rings (SSSR count). The van der Waals surface area contributed by atoms with Crippen LogP contribution in [0, 0.1) is 0 Å². The van der Waals surface area contributed by atoms with Crippen LogP contribution < -0.4 is 11.3 Å². The molecule has 98 valence electrons. The van der Waals surface area contributed by atoms with Gasteiger partial charge in [-0.2, -0.15) is 0 Å². The Labute approximate surface area is 105 Å². The molecule has 0 aliphatic rings. The predicted molar refractivity (Wildman–Crippen MR) is 66.7 cm³/mol. The summed E-state index contributed by atoms with van der Waals surface area (Å²) < 4.78 is 10.1. The molecule has 8 heteroatoms. The monoisotopic (exact) mass is 261 g/mol. The van der Waals surface area contributed by atoms with Crippen LogP contribution in [0.1, 0.15) is 5.01 Å². The molecule has 0 unspecified atom stereocenters. The van der Waals surface area contributed by atoms with E-state index in [1.54, 1.807) is 14.2 Å². The fourth-order valence-corrected chi connectivity index (χ4v) is 1.97. The number of ether oxygens (including phenoxy) is 2. The molecule has 0 aliphatic heterocycles. The van der Waals surface area contributed by atoms with Crippen molar-refractivity contribution in [2.24, 2.45) is 5.84 Å². The van der Waals surface area contributed by atoms with Gasteiger partial charge in [0, 0.05) is 27.3 Å². The number of hydrazine groups is 1. The number of hydrogen-bond donors (Lipinski definition) is 2. The first-order chi connectivity index (χ1) is 8.30. The van der Waals surface area contributed by atoms with E-state index in [0.29, 0.717) is 18.3 Å². The van der Waals surface area contributed by atoms with Gasteiger partial charge in [-0.15, -0.1) is 10.2 Å². The lowest BCUT2D eigenvalue weighted by Gasteiger charge is -2.19. The highest BCUT2D eigenvalue weighted by atomic mass is 32.1. The van der Waals surface area contributed by atoms with Gasteiger partial charge in [0.25, 0.3) is 0 Å². The second-order valence-corrected chi connectivity index (χ2v) is 4.47. The smallest absolute Gasteiger partial charge is 0.219 e. The van der Waals surface area contributed by atoms with E-state index in [9.17, 15) is 0 Å². The van der Waals surface area contributed by atoms with Crippen LogP contribution in [-0.4, -0.2) is 55.6 Å². The van der Waals surface area contributed by atoms with Gasteiger partial charge in [-0.3, -0.25) is 10.3 Å². The van der Waals surface area contributed by atoms with Gasteiger partial charge >= 0.3 is 0 Å². The average Bonchev–Trinajstić information content (AvgIpc) is 2.80. The molecule has 0 atom stereocenters. The van der Waals surface area contributed by atoms with Crippen molar-refractivity contribution in [2.75, 3.05) is 45.9 Å². The maximum absolute atomic E-state index is 5.26. The number of nitrogen functional groups attached to an aromatic ring is 1. The first-order valence-electron chi connectivity index (χ1n) is 5.29. The molecule has 0 saturated carbocycles. The van der Waals surface area contributed by atoms with Gasteiger partial charge < -0.3 is 9.47 Å². The van der Waals surface area contributed by atoms with Crippen LogP contribution in [0.4, 0.5) is 5.13 Å². The molecule has 0 spiro atoms. The summed E-state index contributed by atoms with van der Waals surface area (Å²) in [7, 11) is 3.38. The highest BCUT2D eigenvalue weighted by molar-refractivity contribution is 7.15. The number of rotatable bonds is 9. The number of nitrogens with one attached hydrogen (secondary N) is 1. The Kier molecular flexibility index (Phi) is 6.97. The molecule has 0 aromatic carbocycles. The first kappa shape index (κ1) is 14.3. The van der Waals surface area contributed by atoms with E-state index in [1.807, 2.05) is 0 Å². The molecular formula is C9H19N5O2S. The topological polar surface area (TPSA) is 85.5 Å². The number of nitrogens with zero attached hydrogens (tertiary/aromatic N) is 3. The minimum Gasteiger partial charge on any atom is -0.383 e. The van der Waals surface area contributed by atoms with E-state index in [4.69, 9.17) is 15.3 Å². The van der Waals surface area contributed by atoms with Gasteiger partial charge in [0.05, 0.1) is 19.8 Å². The summed E-state index contributed by atoms with van der Waals surface area (Å²) in [6.07, 6.45) is 0. The van der Waals surface area contributed by atoms with E-state index in [2.05, 4.69) is 20.5 Å². The van der Waals surface area contributed by atoms with Crippen LogP contribution in [0.3, 0.4) is 0 Å². The third-order valence-electron chi connectivity index (χ3n) is 2.17. The number of aromatic nitrogens is 2. The van der Waals surface area contributed by atoms with Crippen LogP contribution in [0.25, 0.3) is 0 Å². The molecule has 1 heterocycles. The van der Waals surface area contributed by atoms with Gasteiger partial charge in [-0.25, -0.2) is 5.84 Å². The number of hydrogen-bond acceptors (Lipinski definition) is 8. The summed E-state index contributed by atoms with van der Waals surface area (Å²) in [5.74, 6) is 5.26. The maximum atomic E-state index is 5.26. The predicted octanol–water partition coefficient (Wildman–Crippen LogP) is -0.0815. The Morgan fingerprint density at radius 2 is 1.88 bits per heavy atom. The van der Waals surface area contributed by atoms with Gasteiger partial charge in [0.15, 0.2) is 0 Å². The fourth-order valence-electron chi connectivity index (χ4n) is 1.28. The SMILES string of the molecule is COCCN(CCOC)Cc1nnc(NN)s1. The van der Waals surface area contributed by atoms with Crippen LogP contribution in [0.15, 0.2) is 0 Å². The van der Waals surface area contributed by atoms with Crippen molar-refractivity contribution >= 4 is 16.5 Å². The Balaban J connectivity index is 2.45. The number of anilines is 1. The van der Waals surface area contributed by atoms with Crippen molar-refractivity contribution in [1.29, 1.82) is 0 Å². The lowest BCUT2D eigenvalue weighted by atomic mass is 10.4. The molecule has 0 aliphatic carbocycles. The summed E-state index contributed by atoms with van der Waals surface area (Å²) in [5.41, 5.74) is 2.48. The van der Waals surface area contributed by atoms with Gasteiger partial charge in [-0.1, -0.05) is 11.3 Å². The second-order valence-electron chi connectivity index (χ2n) is 3.41. The lowest BCUT2D eigenvalue weighted by Crippen LogP contribution is -2.30. The summed E-state index contributed by atoms with van der Waals surface area (Å²) in [6.45, 7) is 3.77. The van der Waals surface area contributed by atoms with Crippen molar-refractivity contribution in [3.05, 3.63) is 5.01 Å². The van der Waals surface area contributed by atoms with E-state index in [-0.39, 0.29) is 0 Å². The van der Waals surface area contributed by atoms with Crippen LogP contribution in [-0.2, 0) is 16.0 Å². The molecule has 17 heavy (non-hydrogen) atoms. The van der Waals surface area contributed by atoms with E-state index in [0.717, 1.165) is 24.6 Å². The third-order valence-corrected chi connectivity index (χ3v) is 3.01. The zero-order valence-electron chi connectivity index (χ0n) is 10.2. The summed E-state index contributed by atoms with van der Waals surface area (Å²) >= 11 is 1.45. The Bertz CT molecular complexity index is 301. The van der Waals surface area contributed by atoms with Crippen molar-refractivity contribution in [3.8, 4) is 0 Å².